The van der Waals surface area contributed by atoms with E-state index in [1.54, 1.807) is 0 Å². The van der Waals surface area contributed by atoms with Crippen molar-refractivity contribution in [1.29, 1.82) is 0 Å². The van der Waals surface area contributed by atoms with Gasteiger partial charge in [-0.2, -0.15) is 0 Å². The Bertz CT molecular complexity index is 61.9. The van der Waals surface area contributed by atoms with Crippen LogP contribution in [0.2, 0.25) is 0 Å². The van der Waals surface area contributed by atoms with Crippen LogP contribution < -0.4 is 28.6 Å². The minimum absolute atomic E-state index is 0. The van der Waals surface area contributed by atoms with Crippen molar-refractivity contribution in [3.05, 3.63) is 0 Å². The molecule has 0 radical (unpaired) electrons. The van der Waals surface area contributed by atoms with Crippen LogP contribution in [0, 0.1) is 0 Å². The fourth-order valence-corrected chi connectivity index (χ4v) is 0. The van der Waals surface area contributed by atoms with E-state index < -0.39 is 20.1 Å². The Kier molecular flexibility index (Phi) is 42.9. The summed E-state index contributed by atoms with van der Waals surface area (Å²) in [5, 5.41) is 0. The van der Waals surface area contributed by atoms with Gasteiger partial charge in [0.1, 0.15) is 0 Å². The van der Waals surface area contributed by atoms with Gasteiger partial charge in [-0.15, -0.1) is 0 Å². The third-order valence-corrected chi connectivity index (χ3v) is 0. The SMILES string of the molecule is F.[NH4+].[NH4+].[NH4+].[O]=[Sb]([O-])([O-])[O-]. The Morgan fingerprint density at radius 3 is 0.889 bits per heavy atom. The summed E-state index contributed by atoms with van der Waals surface area (Å²) < 4.78 is 34.6. The molecule has 0 aliphatic rings. The summed E-state index contributed by atoms with van der Waals surface area (Å²) in [7, 11) is 0. The monoisotopic (exact) mass is 259 g/mol. The van der Waals surface area contributed by atoms with Gasteiger partial charge in [0.15, 0.2) is 0 Å². The van der Waals surface area contributed by atoms with E-state index in [2.05, 4.69) is 0 Å². The van der Waals surface area contributed by atoms with Crippen LogP contribution in [0.15, 0.2) is 0 Å². The Morgan fingerprint density at radius 2 is 0.889 bits per heavy atom. The van der Waals surface area contributed by atoms with Crippen molar-refractivity contribution in [3.8, 4) is 0 Å². The van der Waals surface area contributed by atoms with Crippen molar-refractivity contribution in [3.63, 3.8) is 0 Å². The first-order valence-electron chi connectivity index (χ1n) is 0.730. The number of quaternary nitrogens is 3. The second-order valence-electron chi connectivity index (χ2n) is 0.447. The molecule has 0 aliphatic heterocycles. The van der Waals surface area contributed by atoms with Gasteiger partial charge in [-0.25, -0.2) is 0 Å². The third kappa shape index (κ3) is 3480. The van der Waals surface area contributed by atoms with E-state index in [0.717, 1.165) is 0 Å². The summed E-state index contributed by atoms with van der Waals surface area (Å²) in [6.07, 6.45) is 0. The first-order valence-corrected chi connectivity index (χ1v) is 4.90. The Hall–Kier alpha value is 0.308. The zero-order chi connectivity index (χ0) is 4.50. The molecule has 0 heterocycles. The number of halogens is 1. The summed E-state index contributed by atoms with van der Waals surface area (Å²) in [5.74, 6) is 0. The van der Waals surface area contributed by atoms with Gasteiger partial charge in [-0.1, -0.05) is 0 Å². The molecule has 0 rings (SSSR count). The number of hydrogen-bond donors (Lipinski definition) is 3. The van der Waals surface area contributed by atoms with Gasteiger partial charge >= 0.3 is 33.2 Å². The molecule has 0 aromatic rings. The van der Waals surface area contributed by atoms with Crippen LogP contribution in [0.3, 0.4) is 0 Å². The van der Waals surface area contributed by atoms with Crippen LogP contribution >= 0.6 is 0 Å². The number of hydrogen-bond acceptors (Lipinski definition) is 4. The fourth-order valence-electron chi connectivity index (χ4n) is 0. The molecule has 9 heteroatoms. The van der Waals surface area contributed by atoms with Crippen molar-refractivity contribution >= 4 is 20.1 Å². The molecule has 0 aliphatic carbocycles. The summed E-state index contributed by atoms with van der Waals surface area (Å²) in [4.78, 5) is 0. The van der Waals surface area contributed by atoms with Crippen LogP contribution in [-0.2, 0) is 3.02 Å². The van der Waals surface area contributed by atoms with Gasteiger partial charge in [0.25, 0.3) is 0 Å². The normalized spacial score (nSPS) is 6.56. The molecule has 9 heavy (non-hydrogen) atoms. The van der Waals surface area contributed by atoms with E-state index in [0.29, 0.717) is 0 Å². The van der Waals surface area contributed by atoms with E-state index >= 15 is 0 Å². The minimum atomic E-state index is -6.10. The van der Waals surface area contributed by atoms with Crippen molar-refractivity contribution < 1.29 is 17.9 Å². The molecule has 0 spiro atoms. The van der Waals surface area contributed by atoms with Crippen LogP contribution in [-0.4, -0.2) is 20.1 Å². The van der Waals surface area contributed by atoms with Crippen molar-refractivity contribution in [1.82, 2.24) is 18.5 Å². The molecule has 0 aromatic heterocycles. The summed E-state index contributed by atoms with van der Waals surface area (Å²) in [6.45, 7) is 0. The van der Waals surface area contributed by atoms with E-state index in [1.807, 2.05) is 0 Å². The molecule has 64 valence electrons. The van der Waals surface area contributed by atoms with E-state index in [4.69, 9.17) is 13.2 Å². The Balaban J connectivity index is -0.0000000133. The first-order chi connectivity index (χ1) is 2.00. The topological polar surface area (TPSA) is 196 Å². The van der Waals surface area contributed by atoms with Crippen molar-refractivity contribution in [2.45, 2.75) is 0 Å². The quantitative estimate of drug-likeness (QED) is 0.396. The Morgan fingerprint density at radius 1 is 0.889 bits per heavy atom. The van der Waals surface area contributed by atoms with Crippen molar-refractivity contribution in [2.24, 2.45) is 0 Å². The molecule has 0 saturated heterocycles. The van der Waals surface area contributed by atoms with E-state index in [9.17, 15) is 0 Å². The molecule has 0 amide bonds. The first kappa shape index (κ1) is 34.6. The van der Waals surface area contributed by atoms with Gasteiger partial charge in [0.05, 0.1) is 0 Å². The zero-order valence-electron chi connectivity index (χ0n) is 5.49. The predicted molar refractivity (Wildman–Crippen MR) is 26.9 cm³/mol. The summed E-state index contributed by atoms with van der Waals surface area (Å²) in [6, 6.07) is 0. The summed E-state index contributed by atoms with van der Waals surface area (Å²) >= 11 is -6.10. The van der Waals surface area contributed by atoms with Crippen LogP contribution in [0.5, 0.6) is 0 Å². The number of rotatable bonds is 0. The second kappa shape index (κ2) is 11.2. The maximum atomic E-state index is 8.64. The average Bonchev–Trinajstić information content (AvgIpc) is 0.722. The standard InChI is InChI=1S/FH.3H3N.4O.Sb/h1H;3*1H3;;;;;/q;;;;;3*-1;/p+3. The van der Waals surface area contributed by atoms with Gasteiger partial charge in [-0.05, 0) is 0 Å². The van der Waals surface area contributed by atoms with Gasteiger partial charge < -0.3 is 18.5 Å². The van der Waals surface area contributed by atoms with Gasteiger partial charge in [0.2, 0.25) is 0 Å². The van der Waals surface area contributed by atoms with Crippen molar-refractivity contribution in [2.75, 3.05) is 0 Å². The van der Waals surface area contributed by atoms with Gasteiger partial charge in [0, 0.05) is 0 Å². The zero-order valence-corrected chi connectivity index (χ0v) is 8.04. The van der Waals surface area contributed by atoms with Gasteiger partial charge in [-0.3, -0.25) is 4.70 Å². The summed E-state index contributed by atoms with van der Waals surface area (Å²) in [5.41, 5.74) is 0. The molecule has 0 aromatic carbocycles. The van der Waals surface area contributed by atoms with Crippen LogP contribution in [0.4, 0.5) is 4.70 Å². The van der Waals surface area contributed by atoms with E-state index in [1.165, 1.54) is 0 Å². The molecule has 7 nitrogen and oxygen atoms in total. The molecule has 0 bridgehead atoms. The van der Waals surface area contributed by atoms with E-state index in [-0.39, 0.29) is 23.2 Å². The molecule has 0 atom stereocenters. The van der Waals surface area contributed by atoms with Crippen LogP contribution in [0.1, 0.15) is 0 Å². The Labute approximate surface area is 56.9 Å². The fraction of sp³-hybridized carbons (Fsp3) is 0. The molecular weight excluding hydrogens is 247 g/mol. The second-order valence-corrected chi connectivity index (χ2v) is 3.00. The molecule has 0 fully saturated rings. The maximum absolute atomic E-state index is 8.64. The third-order valence-electron chi connectivity index (χ3n) is 0. The average molecular weight is 260 g/mol. The predicted octanol–water partition coefficient (Wildman–Crippen LogP) is -2.79. The molecular formula is H13FN3O4Sb. The molecule has 0 unspecified atom stereocenters. The molecule has 0 saturated carbocycles. The molecule has 12 N–H and O–H groups in total. The van der Waals surface area contributed by atoms with Crippen LogP contribution in [0.25, 0.3) is 0 Å².